The van der Waals surface area contributed by atoms with Crippen molar-refractivity contribution in [3.8, 4) is 5.75 Å². The van der Waals surface area contributed by atoms with Crippen LogP contribution in [0.25, 0.3) is 0 Å². The van der Waals surface area contributed by atoms with Crippen molar-refractivity contribution in [1.82, 2.24) is 0 Å². The number of anilines is 1. The largest absolute Gasteiger partial charge is 0.506 e. The molecule has 11 heavy (non-hydrogen) atoms. The lowest BCUT2D eigenvalue weighted by Crippen LogP contribution is -1.90. The van der Waals surface area contributed by atoms with Gasteiger partial charge < -0.3 is 10.4 Å². The Labute approximate surface area is 64.7 Å². The minimum atomic E-state index is 0.131. The molecule has 0 bridgehead atoms. The van der Waals surface area contributed by atoms with Gasteiger partial charge in [-0.3, -0.25) is 4.79 Å². The molecule has 0 atom stereocenters. The van der Waals surface area contributed by atoms with Gasteiger partial charge in [0, 0.05) is 12.6 Å². The SMILES string of the molecule is CNc1cc([C]=O)ccc1O. The lowest BCUT2D eigenvalue weighted by molar-refractivity contribution is 0.477. The van der Waals surface area contributed by atoms with E-state index in [2.05, 4.69) is 5.32 Å². The second-order valence-electron chi connectivity index (χ2n) is 2.08. The zero-order valence-corrected chi connectivity index (χ0v) is 6.09. The van der Waals surface area contributed by atoms with Crippen molar-refractivity contribution in [3.63, 3.8) is 0 Å². The molecule has 0 aliphatic heterocycles. The van der Waals surface area contributed by atoms with Crippen molar-refractivity contribution in [2.24, 2.45) is 0 Å². The second-order valence-corrected chi connectivity index (χ2v) is 2.08. The summed E-state index contributed by atoms with van der Waals surface area (Å²) in [5, 5.41) is 11.9. The first-order chi connectivity index (χ1) is 5.27. The third-order valence-electron chi connectivity index (χ3n) is 1.38. The van der Waals surface area contributed by atoms with Crippen LogP contribution in [0, 0.1) is 0 Å². The van der Waals surface area contributed by atoms with E-state index >= 15 is 0 Å². The lowest BCUT2D eigenvalue weighted by atomic mass is 10.2. The van der Waals surface area contributed by atoms with Gasteiger partial charge in [-0.1, -0.05) is 0 Å². The topological polar surface area (TPSA) is 49.3 Å². The fourth-order valence-corrected chi connectivity index (χ4v) is 0.800. The molecule has 0 heterocycles. The molecule has 0 unspecified atom stereocenters. The van der Waals surface area contributed by atoms with Crippen molar-refractivity contribution in [2.75, 3.05) is 12.4 Å². The molecule has 0 aromatic heterocycles. The van der Waals surface area contributed by atoms with Crippen molar-refractivity contribution < 1.29 is 9.90 Å². The molecular formula is C8H8NO2. The zero-order valence-electron chi connectivity index (χ0n) is 6.09. The van der Waals surface area contributed by atoms with E-state index in [4.69, 9.17) is 5.11 Å². The van der Waals surface area contributed by atoms with E-state index in [0.717, 1.165) is 0 Å². The van der Waals surface area contributed by atoms with Crippen LogP contribution in [0.1, 0.15) is 5.56 Å². The predicted octanol–water partition coefficient (Wildman–Crippen LogP) is 0.892. The van der Waals surface area contributed by atoms with Crippen molar-refractivity contribution in [1.29, 1.82) is 0 Å². The molecule has 1 rings (SSSR count). The Morgan fingerprint density at radius 2 is 2.27 bits per heavy atom. The smallest absolute Gasteiger partial charge is 0.233 e. The van der Waals surface area contributed by atoms with Gasteiger partial charge in [-0.05, 0) is 18.2 Å². The summed E-state index contributed by atoms with van der Waals surface area (Å²) >= 11 is 0. The van der Waals surface area contributed by atoms with E-state index in [1.165, 1.54) is 18.2 Å². The Hall–Kier alpha value is -1.51. The van der Waals surface area contributed by atoms with Crippen LogP contribution in [0.3, 0.4) is 0 Å². The molecule has 0 saturated carbocycles. The molecule has 0 aliphatic carbocycles. The molecule has 0 spiro atoms. The Morgan fingerprint density at radius 1 is 1.55 bits per heavy atom. The highest BCUT2D eigenvalue weighted by Crippen LogP contribution is 2.22. The third-order valence-corrected chi connectivity index (χ3v) is 1.38. The van der Waals surface area contributed by atoms with E-state index in [9.17, 15) is 4.79 Å². The van der Waals surface area contributed by atoms with E-state index < -0.39 is 0 Å². The van der Waals surface area contributed by atoms with Crippen LogP contribution in [0.4, 0.5) is 5.69 Å². The summed E-state index contributed by atoms with van der Waals surface area (Å²) in [4.78, 5) is 10.2. The number of hydrogen-bond acceptors (Lipinski definition) is 3. The lowest BCUT2D eigenvalue weighted by Gasteiger charge is -2.02. The van der Waals surface area contributed by atoms with Gasteiger partial charge in [-0.15, -0.1) is 0 Å². The van der Waals surface area contributed by atoms with Gasteiger partial charge in [-0.2, -0.15) is 0 Å². The number of nitrogens with one attached hydrogen (secondary N) is 1. The van der Waals surface area contributed by atoms with Crippen molar-refractivity contribution in [2.45, 2.75) is 0 Å². The maximum Gasteiger partial charge on any atom is 0.233 e. The van der Waals surface area contributed by atoms with Crippen LogP contribution in [0.15, 0.2) is 18.2 Å². The number of phenolic OH excluding ortho intramolecular Hbond substituents is 1. The normalized spacial score (nSPS) is 9.18. The average molecular weight is 150 g/mol. The van der Waals surface area contributed by atoms with Crippen LogP contribution < -0.4 is 5.32 Å². The minimum Gasteiger partial charge on any atom is -0.506 e. The first-order valence-electron chi connectivity index (χ1n) is 3.17. The van der Waals surface area contributed by atoms with Gasteiger partial charge >= 0.3 is 0 Å². The quantitative estimate of drug-likeness (QED) is 0.615. The molecule has 0 aliphatic rings. The maximum absolute atomic E-state index is 10.2. The summed E-state index contributed by atoms with van der Waals surface area (Å²) in [6.07, 6.45) is 1.73. The molecule has 3 heteroatoms. The molecule has 0 fully saturated rings. The van der Waals surface area contributed by atoms with Crippen molar-refractivity contribution in [3.05, 3.63) is 23.8 Å². The van der Waals surface area contributed by atoms with Gasteiger partial charge in [0.15, 0.2) is 0 Å². The summed E-state index contributed by atoms with van der Waals surface area (Å²) < 4.78 is 0. The van der Waals surface area contributed by atoms with Crippen LogP contribution in [-0.4, -0.2) is 18.4 Å². The molecule has 0 amide bonds. The van der Waals surface area contributed by atoms with Gasteiger partial charge in [0.05, 0.1) is 5.69 Å². The number of hydrogen-bond donors (Lipinski definition) is 2. The molecule has 3 nitrogen and oxygen atoms in total. The Morgan fingerprint density at radius 3 is 2.82 bits per heavy atom. The van der Waals surface area contributed by atoms with E-state index in [1.54, 1.807) is 13.3 Å². The fraction of sp³-hybridized carbons (Fsp3) is 0.125. The van der Waals surface area contributed by atoms with Crippen LogP contribution in [-0.2, 0) is 4.79 Å². The molecule has 1 radical (unpaired) electrons. The van der Waals surface area contributed by atoms with E-state index in [1.807, 2.05) is 0 Å². The summed E-state index contributed by atoms with van der Waals surface area (Å²) in [5.74, 6) is 0.131. The molecule has 1 aromatic rings. The fourth-order valence-electron chi connectivity index (χ4n) is 0.800. The Bertz CT molecular complexity index is 271. The highest BCUT2D eigenvalue weighted by molar-refractivity contribution is 5.78. The number of aromatic hydroxyl groups is 1. The minimum absolute atomic E-state index is 0.131. The number of benzene rings is 1. The summed E-state index contributed by atoms with van der Waals surface area (Å²) in [6.45, 7) is 0. The van der Waals surface area contributed by atoms with Crippen molar-refractivity contribution >= 4 is 12.0 Å². The molecular weight excluding hydrogens is 142 g/mol. The Balaban J connectivity index is 3.12. The molecule has 57 valence electrons. The second kappa shape index (κ2) is 3.05. The Kier molecular flexibility index (Phi) is 2.11. The van der Waals surface area contributed by atoms with Crippen LogP contribution in [0.2, 0.25) is 0 Å². The molecule has 2 N–H and O–H groups in total. The third kappa shape index (κ3) is 1.49. The maximum atomic E-state index is 10.2. The molecule has 0 saturated heterocycles. The van der Waals surface area contributed by atoms with Gasteiger partial charge in [0.2, 0.25) is 6.29 Å². The predicted molar refractivity (Wildman–Crippen MR) is 42.4 cm³/mol. The highest BCUT2D eigenvalue weighted by Gasteiger charge is 1.99. The van der Waals surface area contributed by atoms with Gasteiger partial charge in [0.25, 0.3) is 0 Å². The van der Waals surface area contributed by atoms with Gasteiger partial charge in [-0.25, -0.2) is 0 Å². The first-order valence-corrected chi connectivity index (χ1v) is 3.17. The van der Waals surface area contributed by atoms with Gasteiger partial charge in [0.1, 0.15) is 5.75 Å². The standard InChI is InChI=1S/C8H8NO2/c1-9-7-4-6(5-10)2-3-8(7)11/h2-4,9,11H,1H3. The summed E-state index contributed by atoms with van der Waals surface area (Å²) in [7, 11) is 1.67. The van der Waals surface area contributed by atoms with Crippen LogP contribution in [0.5, 0.6) is 5.75 Å². The average Bonchev–Trinajstić information content (AvgIpc) is 2.05. The number of phenols is 1. The summed E-state index contributed by atoms with van der Waals surface area (Å²) in [5.41, 5.74) is 0.956. The number of carbonyl (C=O) groups excluding carboxylic acids is 1. The monoisotopic (exact) mass is 150 g/mol. The number of rotatable bonds is 2. The highest BCUT2D eigenvalue weighted by atomic mass is 16.3. The molecule has 1 aromatic carbocycles. The first kappa shape index (κ1) is 7.60. The van der Waals surface area contributed by atoms with Crippen LogP contribution >= 0.6 is 0 Å². The van der Waals surface area contributed by atoms with E-state index in [0.29, 0.717) is 11.3 Å². The summed E-state index contributed by atoms with van der Waals surface area (Å²) in [6, 6.07) is 4.48. The van der Waals surface area contributed by atoms with E-state index in [-0.39, 0.29) is 5.75 Å². The zero-order chi connectivity index (χ0) is 8.27.